The first-order chi connectivity index (χ1) is 7.20. The predicted octanol–water partition coefficient (Wildman–Crippen LogP) is 2.53. The molecule has 0 atom stereocenters. The highest BCUT2D eigenvalue weighted by molar-refractivity contribution is 5.65. The standard InChI is InChI=1S/C12H15N3/c1-3-12-14-7-11(15-12)9-5-4-8(2)10(13)6-9/h4-7H,3,13H2,1-2H3,(H,14,15). The molecule has 2 rings (SSSR count). The van der Waals surface area contributed by atoms with Gasteiger partial charge in [0.25, 0.3) is 0 Å². The largest absolute Gasteiger partial charge is 0.398 e. The van der Waals surface area contributed by atoms with Crippen LogP contribution in [-0.2, 0) is 6.42 Å². The third-order valence-electron chi connectivity index (χ3n) is 2.55. The zero-order valence-corrected chi connectivity index (χ0v) is 9.04. The molecule has 3 nitrogen and oxygen atoms in total. The number of nitrogen functional groups attached to an aromatic ring is 1. The van der Waals surface area contributed by atoms with Gasteiger partial charge in [-0.25, -0.2) is 4.98 Å². The number of hydrogen-bond donors (Lipinski definition) is 2. The smallest absolute Gasteiger partial charge is 0.106 e. The molecule has 0 saturated heterocycles. The maximum atomic E-state index is 5.86. The predicted molar refractivity (Wildman–Crippen MR) is 62.6 cm³/mol. The molecule has 1 heterocycles. The third-order valence-corrected chi connectivity index (χ3v) is 2.55. The van der Waals surface area contributed by atoms with Crippen molar-refractivity contribution in [3.63, 3.8) is 0 Å². The van der Waals surface area contributed by atoms with Crippen molar-refractivity contribution in [2.24, 2.45) is 0 Å². The monoisotopic (exact) mass is 201 g/mol. The SMILES string of the molecule is CCc1ncc(-c2ccc(C)c(N)c2)[nH]1. The zero-order chi connectivity index (χ0) is 10.8. The average Bonchev–Trinajstić information content (AvgIpc) is 2.70. The molecule has 3 heteroatoms. The summed E-state index contributed by atoms with van der Waals surface area (Å²) in [4.78, 5) is 7.53. The highest BCUT2D eigenvalue weighted by Crippen LogP contribution is 2.22. The summed E-state index contributed by atoms with van der Waals surface area (Å²) in [6, 6.07) is 6.05. The van der Waals surface area contributed by atoms with Gasteiger partial charge in [0, 0.05) is 17.7 Å². The second kappa shape index (κ2) is 3.77. The van der Waals surface area contributed by atoms with Gasteiger partial charge in [-0.1, -0.05) is 19.1 Å². The van der Waals surface area contributed by atoms with Crippen LogP contribution in [0.1, 0.15) is 18.3 Å². The summed E-state index contributed by atoms with van der Waals surface area (Å²) in [5.41, 5.74) is 9.90. The van der Waals surface area contributed by atoms with Crippen LogP contribution in [0.25, 0.3) is 11.3 Å². The number of nitrogens with zero attached hydrogens (tertiary/aromatic N) is 1. The number of nitrogens with one attached hydrogen (secondary N) is 1. The molecule has 0 radical (unpaired) electrons. The molecule has 0 amide bonds. The summed E-state index contributed by atoms with van der Waals surface area (Å²) in [6.07, 6.45) is 2.77. The Morgan fingerprint density at radius 2 is 2.20 bits per heavy atom. The highest BCUT2D eigenvalue weighted by Gasteiger charge is 2.03. The number of benzene rings is 1. The Labute approximate surface area is 89.4 Å². The van der Waals surface area contributed by atoms with E-state index in [4.69, 9.17) is 5.73 Å². The molecule has 15 heavy (non-hydrogen) atoms. The van der Waals surface area contributed by atoms with Crippen molar-refractivity contribution in [1.29, 1.82) is 0 Å². The van der Waals surface area contributed by atoms with Crippen LogP contribution in [0.15, 0.2) is 24.4 Å². The number of hydrogen-bond acceptors (Lipinski definition) is 2. The molecular formula is C12H15N3. The Bertz CT molecular complexity index is 471. The molecule has 0 spiro atoms. The summed E-state index contributed by atoms with van der Waals surface area (Å²) in [5, 5.41) is 0. The number of aryl methyl sites for hydroxylation is 2. The van der Waals surface area contributed by atoms with E-state index in [1.807, 2.05) is 25.3 Å². The first-order valence-corrected chi connectivity index (χ1v) is 5.11. The second-order valence-electron chi connectivity index (χ2n) is 3.67. The van der Waals surface area contributed by atoms with Gasteiger partial charge in [-0.2, -0.15) is 0 Å². The number of anilines is 1. The van der Waals surface area contributed by atoms with Crippen LogP contribution in [0.5, 0.6) is 0 Å². The van der Waals surface area contributed by atoms with E-state index in [1.165, 1.54) is 0 Å². The minimum Gasteiger partial charge on any atom is -0.398 e. The minimum atomic E-state index is 0.820. The number of rotatable bonds is 2. The Kier molecular flexibility index (Phi) is 2.46. The summed E-state index contributed by atoms with van der Waals surface area (Å²) in [7, 11) is 0. The van der Waals surface area contributed by atoms with Crippen LogP contribution in [-0.4, -0.2) is 9.97 Å². The van der Waals surface area contributed by atoms with Crippen LogP contribution in [0.2, 0.25) is 0 Å². The van der Waals surface area contributed by atoms with Crippen LogP contribution in [0, 0.1) is 6.92 Å². The Morgan fingerprint density at radius 1 is 1.40 bits per heavy atom. The van der Waals surface area contributed by atoms with Crippen molar-refractivity contribution < 1.29 is 0 Å². The normalized spacial score (nSPS) is 10.5. The van der Waals surface area contributed by atoms with Crippen LogP contribution < -0.4 is 5.73 Å². The van der Waals surface area contributed by atoms with Gasteiger partial charge in [-0.3, -0.25) is 0 Å². The van der Waals surface area contributed by atoms with Gasteiger partial charge in [-0.15, -0.1) is 0 Å². The molecule has 0 fully saturated rings. The topological polar surface area (TPSA) is 54.7 Å². The van der Waals surface area contributed by atoms with Crippen molar-refractivity contribution in [1.82, 2.24) is 9.97 Å². The van der Waals surface area contributed by atoms with Crippen LogP contribution >= 0.6 is 0 Å². The lowest BCUT2D eigenvalue weighted by Crippen LogP contribution is -1.90. The average molecular weight is 201 g/mol. The second-order valence-corrected chi connectivity index (χ2v) is 3.67. The first-order valence-electron chi connectivity index (χ1n) is 5.11. The van der Waals surface area contributed by atoms with Crippen molar-refractivity contribution in [3.05, 3.63) is 35.8 Å². The Hall–Kier alpha value is -1.77. The van der Waals surface area contributed by atoms with Crippen LogP contribution in [0.3, 0.4) is 0 Å². The number of nitrogens with two attached hydrogens (primary N) is 1. The quantitative estimate of drug-likeness (QED) is 0.733. The molecule has 1 aromatic carbocycles. The van der Waals surface area contributed by atoms with E-state index in [2.05, 4.69) is 23.0 Å². The maximum absolute atomic E-state index is 5.86. The molecule has 0 bridgehead atoms. The molecule has 0 aliphatic carbocycles. The van der Waals surface area contributed by atoms with E-state index in [-0.39, 0.29) is 0 Å². The van der Waals surface area contributed by atoms with Crippen molar-refractivity contribution in [3.8, 4) is 11.3 Å². The molecule has 1 aromatic heterocycles. The van der Waals surface area contributed by atoms with Gasteiger partial charge in [0.1, 0.15) is 5.82 Å². The first kappa shape index (κ1) is 9.77. The molecule has 78 valence electrons. The molecule has 2 aromatic rings. The Balaban J connectivity index is 2.40. The fraction of sp³-hybridized carbons (Fsp3) is 0.250. The molecule has 0 saturated carbocycles. The van der Waals surface area contributed by atoms with E-state index >= 15 is 0 Å². The highest BCUT2D eigenvalue weighted by atomic mass is 14.9. The summed E-state index contributed by atoms with van der Waals surface area (Å²) < 4.78 is 0. The zero-order valence-electron chi connectivity index (χ0n) is 9.04. The summed E-state index contributed by atoms with van der Waals surface area (Å²) >= 11 is 0. The number of aromatic nitrogens is 2. The minimum absolute atomic E-state index is 0.820. The number of imidazole rings is 1. The van der Waals surface area contributed by atoms with Gasteiger partial charge in [0.2, 0.25) is 0 Å². The molecular weight excluding hydrogens is 186 g/mol. The molecule has 3 N–H and O–H groups in total. The van der Waals surface area contributed by atoms with E-state index in [9.17, 15) is 0 Å². The fourth-order valence-corrected chi connectivity index (χ4v) is 1.50. The van der Waals surface area contributed by atoms with Gasteiger partial charge < -0.3 is 10.7 Å². The van der Waals surface area contributed by atoms with Crippen LogP contribution in [0.4, 0.5) is 5.69 Å². The van der Waals surface area contributed by atoms with E-state index < -0.39 is 0 Å². The van der Waals surface area contributed by atoms with Crippen molar-refractivity contribution in [2.45, 2.75) is 20.3 Å². The lowest BCUT2D eigenvalue weighted by atomic mass is 10.1. The molecule has 0 aliphatic heterocycles. The van der Waals surface area contributed by atoms with Crippen molar-refractivity contribution in [2.75, 3.05) is 5.73 Å². The fourth-order valence-electron chi connectivity index (χ4n) is 1.50. The van der Waals surface area contributed by atoms with Crippen molar-refractivity contribution >= 4 is 5.69 Å². The lowest BCUT2D eigenvalue weighted by Gasteiger charge is -2.02. The number of H-pyrrole nitrogens is 1. The summed E-state index contributed by atoms with van der Waals surface area (Å²) in [5.74, 6) is 1.00. The van der Waals surface area contributed by atoms with E-state index in [1.54, 1.807) is 0 Å². The van der Waals surface area contributed by atoms with E-state index in [0.29, 0.717) is 0 Å². The Morgan fingerprint density at radius 3 is 2.80 bits per heavy atom. The lowest BCUT2D eigenvalue weighted by molar-refractivity contribution is 0.991. The maximum Gasteiger partial charge on any atom is 0.106 e. The van der Waals surface area contributed by atoms with Gasteiger partial charge in [-0.05, 0) is 18.6 Å². The third kappa shape index (κ3) is 1.86. The van der Waals surface area contributed by atoms with Gasteiger partial charge in [0.05, 0.1) is 11.9 Å². The number of aromatic amines is 1. The summed E-state index contributed by atoms with van der Waals surface area (Å²) in [6.45, 7) is 4.08. The molecule has 0 unspecified atom stereocenters. The van der Waals surface area contributed by atoms with Gasteiger partial charge in [0.15, 0.2) is 0 Å². The van der Waals surface area contributed by atoms with E-state index in [0.717, 1.165) is 34.8 Å². The van der Waals surface area contributed by atoms with Gasteiger partial charge >= 0.3 is 0 Å². The molecule has 0 aliphatic rings.